The number of nitrogens with one attached hydrogen (secondary N) is 2. The number of alkyl halides is 3. The van der Waals surface area contributed by atoms with E-state index in [-0.39, 0.29) is 17.5 Å². The molecule has 2 N–H and O–H groups in total. The van der Waals surface area contributed by atoms with Crippen LogP contribution < -0.4 is 10.6 Å². The van der Waals surface area contributed by atoms with E-state index in [1.54, 1.807) is 32.0 Å². The monoisotopic (exact) mass is 528 g/mol. The summed E-state index contributed by atoms with van der Waals surface area (Å²) in [6, 6.07) is 7.99. The number of hydrogen-bond donors (Lipinski definition) is 2. The molecule has 2 aromatic rings. The van der Waals surface area contributed by atoms with Crippen LogP contribution in [-0.2, 0) is 0 Å². The Morgan fingerprint density at radius 1 is 1.19 bits per heavy atom. The second-order valence-corrected chi connectivity index (χ2v) is 9.32. The van der Waals surface area contributed by atoms with Gasteiger partial charge in [-0.2, -0.15) is 13.2 Å². The van der Waals surface area contributed by atoms with Gasteiger partial charge in [0, 0.05) is 15.5 Å². The van der Waals surface area contributed by atoms with Crippen molar-refractivity contribution in [2.24, 2.45) is 0 Å². The molecule has 8 heteroatoms. The van der Waals surface area contributed by atoms with Gasteiger partial charge in [0.2, 0.25) is 0 Å². The van der Waals surface area contributed by atoms with Gasteiger partial charge in [-0.25, -0.2) is 0 Å². The van der Waals surface area contributed by atoms with E-state index in [9.17, 15) is 18.0 Å². The number of benzene rings is 2. The van der Waals surface area contributed by atoms with Crippen molar-refractivity contribution in [2.75, 3.05) is 13.1 Å². The van der Waals surface area contributed by atoms with Crippen molar-refractivity contribution in [2.45, 2.75) is 44.8 Å². The molecule has 172 valence electrons. The molecule has 0 saturated carbocycles. The van der Waals surface area contributed by atoms with Gasteiger partial charge in [0.25, 0.3) is 5.91 Å². The molecule has 1 atom stereocenters. The van der Waals surface area contributed by atoms with Crippen LogP contribution in [0.15, 0.2) is 40.9 Å². The Kier molecular flexibility index (Phi) is 8.06. The van der Waals surface area contributed by atoms with E-state index >= 15 is 0 Å². The lowest BCUT2D eigenvalue weighted by molar-refractivity contribution is -0.139. The summed E-state index contributed by atoms with van der Waals surface area (Å²) in [6.07, 6.45) is -0.149. The molecule has 1 heterocycles. The van der Waals surface area contributed by atoms with E-state index in [2.05, 4.69) is 26.6 Å². The molecule has 1 amide bonds. The summed E-state index contributed by atoms with van der Waals surface area (Å²) >= 11 is 9.51. The second kappa shape index (κ2) is 10.4. The Bertz CT molecular complexity index is 994. The maximum absolute atomic E-state index is 13.8. The van der Waals surface area contributed by atoms with Crippen molar-refractivity contribution in [3.05, 3.63) is 73.7 Å². The van der Waals surface area contributed by atoms with Gasteiger partial charge in [-0.3, -0.25) is 4.79 Å². The van der Waals surface area contributed by atoms with Crippen molar-refractivity contribution in [3.63, 3.8) is 0 Å². The standard InChI is InChI=1S/C24H25BrClF3N2O/c1-14-11-17(12-15(2)22(14)26)20(24(27,28)29)6-4-16-3-5-19(21(25)13-16)23(32)31-18-7-9-30-10-8-18/h3-6,11-13,18,20,30H,7-10H2,1-2H3,(H,31,32)/b6-4+. The Morgan fingerprint density at radius 3 is 2.38 bits per heavy atom. The minimum absolute atomic E-state index is 0.119. The van der Waals surface area contributed by atoms with Gasteiger partial charge in [-0.15, -0.1) is 0 Å². The Labute approximate surface area is 199 Å². The lowest BCUT2D eigenvalue weighted by Gasteiger charge is -2.23. The van der Waals surface area contributed by atoms with Crippen LogP contribution in [0.25, 0.3) is 6.08 Å². The van der Waals surface area contributed by atoms with E-state index in [0.717, 1.165) is 32.0 Å². The Hall–Kier alpha value is -1.83. The normalized spacial score (nSPS) is 16.3. The quantitative estimate of drug-likeness (QED) is 0.461. The molecule has 3 rings (SSSR count). The summed E-state index contributed by atoms with van der Waals surface area (Å²) in [5.41, 5.74) is 2.38. The number of amides is 1. The lowest BCUT2D eigenvalue weighted by atomic mass is 9.94. The van der Waals surface area contributed by atoms with Gasteiger partial charge in [-0.05, 0) is 90.1 Å². The smallest absolute Gasteiger partial charge is 0.349 e. The van der Waals surface area contributed by atoms with E-state index in [1.165, 1.54) is 18.2 Å². The summed E-state index contributed by atoms with van der Waals surface area (Å²) in [4.78, 5) is 12.6. The number of piperidine rings is 1. The zero-order chi connectivity index (χ0) is 23.5. The molecule has 2 aromatic carbocycles. The number of aryl methyl sites for hydroxylation is 2. The highest BCUT2D eigenvalue weighted by Gasteiger charge is 2.39. The van der Waals surface area contributed by atoms with Crippen LogP contribution in [0.1, 0.15) is 51.4 Å². The van der Waals surface area contributed by atoms with Crippen LogP contribution in [0.5, 0.6) is 0 Å². The lowest BCUT2D eigenvalue weighted by Crippen LogP contribution is -2.42. The first-order chi connectivity index (χ1) is 15.1. The molecular weight excluding hydrogens is 505 g/mol. The van der Waals surface area contributed by atoms with E-state index in [4.69, 9.17) is 11.6 Å². The first-order valence-electron chi connectivity index (χ1n) is 10.4. The highest BCUT2D eigenvalue weighted by molar-refractivity contribution is 9.10. The van der Waals surface area contributed by atoms with Crippen LogP contribution >= 0.6 is 27.5 Å². The third-order valence-electron chi connectivity index (χ3n) is 5.56. The molecule has 1 saturated heterocycles. The number of carbonyl (C=O) groups excluding carboxylic acids is 1. The fraction of sp³-hybridized carbons (Fsp3) is 0.375. The minimum Gasteiger partial charge on any atom is -0.349 e. The van der Waals surface area contributed by atoms with Crippen molar-refractivity contribution in [1.29, 1.82) is 0 Å². The molecule has 0 aliphatic carbocycles. The second-order valence-electron chi connectivity index (χ2n) is 8.08. The first-order valence-corrected chi connectivity index (χ1v) is 11.6. The van der Waals surface area contributed by atoms with Gasteiger partial charge in [-0.1, -0.05) is 42.0 Å². The maximum atomic E-state index is 13.8. The molecule has 0 spiro atoms. The summed E-state index contributed by atoms with van der Waals surface area (Å²) in [5, 5.41) is 6.73. The third kappa shape index (κ3) is 6.15. The molecule has 1 unspecified atom stereocenters. The Balaban J connectivity index is 1.80. The van der Waals surface area contributed by atoms with Crippen LogP contribution in [0.2, 0.25) is 5.02 Å². The molecular formula is C24H25BrClF3N2O. The van der Waals surface area contributed by atoms with Gasteiger partial charge in [0.1, 0.15) is 0 Å². The zero-order valence-corrected chi connectivity index (χ0v) is 20.2. The van der Waals surface area contributed by atoms with Crippen molar-refractivity contribution in [1.82, 2.24) is 10.6 Å². The topological polar surface area (TPSA) is 41.1 Å². The van der Waals surface area contributed by atoms with Gasteiger partial charge in [0.15, 0.2) is 0 Å². The molecule has 0 bridgehead atoms. The van der Waals surface area contributed by atoms with Crippen molar-refractivity contribution >= 4 is 39.5 Å². The van der Waals surface area contributed by atoms with E-state index in [1.807, 2.05) is 0 Å². The fourth-order valence-corrected chi connectivity index (χ4v) is 4.51. The summed E-state index contributed by atoms with van der Waals surface area (Å²) < 4.78 is 41.9. The predicted octanol–water partition coefficient (Wildman–Crippen LogP) is 6.56. The first kappa shape index (κ1) is 24.8. The SMILES string of the molecule is Cc1cc(C(/C=C/c2ccc(C(=O)NC3CCNCC3)c(Br)c2)C(F)(F)F)cc(C)c1Cl. The Morgan fingerprint density at radius 2 is 1.81 bits per heavy atom. The molecule has 0 radical (unpaired) electrons. The van der Waals surface area contributed by atoms with Crippen molar-refractivity contribution in [3.8, 4) is 0 Å². The maximum Gasteiger partial charge on any atom is 0.399 e. The number of carbonyl (C=O) groups is 1. The molecule has 3 nitrogen and oxygen atoms in total. The average Bonchev–Trinajstić information content (AvgIpc) is 2.71. The largest absolute Gasteiger partial charge is 0.399 e. The summed E-state index contributed by atoms with van der Waals surface area (Å²) in [7, 11) is 0. The molecule has 32 heavy (non-hydrogen) atoms. The molecule has 1 aliphatic rings. The van der Waals surface area contributed by atoms with Gasteiger partial charge < -0.3 is 10.6 Å². The van der Waals surface area contributed by atoms with Crippen molar-refractivity contribution < 1.29 is 18.0 Å². The van der Waals surface area contributed by atoms with Gasteiger partial charge in [0.05, 0.1) is 11.5 Å². The van der Waals surface area contributed by atoms with Crippen LogP contribution in [-0.4, -0.2) is 31.2 Å². The minimum atomic E-state index is -4.45. The van der Waals surface area contributed by atoms with Gasteiger partial charge >= 0.3 is 6.18 Å². The van der Waals surface area contributed by atoms with Crippen LogP contribution in [0.4, 0.5) is 13.2 Å². The highest BCUT2D eigenvalue weighted by Crippen LogP contribution is 2.38. The molecule has 0 aromatic heterocycles. The van der Waals surface area contributed by atoms with Crippen LogP contribution in [0, 0.1) is 13.8 Å². The van der Waals surface area contributed by atoms with E-state index in [0.29, 0.717) is 31.7 Å². The highest BCUT2D eigenvalue weighted by atomic mass is 79.9. The zero-order valence-electron chi connectivity index (χ0n) is 17.8. The molecule has 1 fully saturated rings. The number of allylic oxidation sites excluding steroid dienone is 1. The fourth-order valence-electron chi connectivity index (χ4n) is 3.82. The third-order valence-corrected chi connectivity index (χ3v) is 6.82. The van der Waals surface area contributed by atoms with E-state index < -0.39 is 12.1 Å². The number of rotatable bonds is 5. The number of halogens is 5. The predicted molar refractivity (Wildman–Crippen MR) is 126 cm³/mol. The molecule has 1 aliphatic heterocycles. The average molecular weight is 530 g/mol. The summed E-state index contributed by atoms with van der Waals surface area (Å²) in [6.45, 7) is 5.12. The van der Waals surface area contributed by atoms with Crippen LogP contribution in [0.3, 0.4) is 0 Å². The number of hydrogen-bond acceptors (Lipinski definition) is 2. The summed E-state index contributed by atoms with van der Waals surface area (Å²) in [5.74, 6) is -1.96.